The van der Waals surface area contributed by atoms with Crippen molar-refractivity contribution in [3.8, 4) is 0 Å². The second-order valence-corrected chi connectivity index (χ2v) is 7.48. The summed E-state index contributed by atoms with van der Waals surface area (Å²) >= 11 is 0. The molecule has 2 aliphatic rings. The van der Waals surface area contributed by atoms with E-state index in [1.54, 1.807) is 0 Å². The highest BCUT2D eigenvalue weighted by Gasteiger charge is 2.33. The molecule has 138 valence electrons. The molecule has 25 heavy (non-hydrogen) atoms. The molecular weight excluding hydrogens is 314 g/mol. The molecule has 1 heterocycles. The smallest absolute Gasteiger partial charge is 0.226 e. The van der Waals surface area contributed by atoms with Gasteiger partial charge in [0.25, 0.3) is 0 Å². The Morgan fingerprint density at radius 1 is 1.28 bits per heavy atom. The highest BCUT2D eigenvalue weighted by Crippen LogP contribution is 2.27. The van der Waals surface area contributed by atoms with Crippen molar-refractivity contribution in [2.24, 2.45) is 11.7 Å². The lowest BCUT2D eigenvalue weighted by Crippen LogP contribution is -2.49. The number of rotatable bonds is 6. The molecule has 3 atom stereocenters. The van der Waals surface area contributed by atoms with E-state index in [9.17, 15) is 4.79 Å². The number of carbonyl (C=O) groups is 1. The van der Waals surface area contributed by atoms with Crippen LogP contribution in [0.5, 0.6) is 0 Å². The first kappa shape index (κ1) is 18.4. The van der Waals surface area contributed by atoms with E-state index in [1.165, 1.54) is 5.56 Å². The van der Waals surface area contributed by atoms with Gasteiger partial charge in [-0.2, -0.15) is 0 Å². The highest BCUT2D eigenvalue weighted by molar-refractivity contribution is 5.79. The van der Waals surface area contributed by atoms with E-state index < -0.39 is 0 Å². The van der Waals surface area contributed by atoms with E-state index in [-0.39, 0.29) is 23.9 Å². The summed E-state index contributed by atoms with van der Waals surface area (Å²) in [6.45, 7) is 7.23. The van der Waals surface area contributed by atoms with Crippen molar-refractivity contribution in [1.82, 2.24) is 9.80 Å². The summed E-state index contributed by atoms with van der Waals surface area (Å²) in [4.78, 5) is 17.7. The number of hydrogen-bond donors (Lipinski definition) is 1. The maximum Gasteiger partial charge on any atom is 0.226 e. The average Bonchev–Trinajstić information content (AvgIpc) is 3.07. The monoisotopic (exact) mass is 345 g/mol. The molecule has 0 radical (unpaired) electrons. The number of nitrogens with two attached hydrogens (primary N) is 1. The molecule has 3 rings (SSSR count). The van der Waals surface area contributed by atoms with Crippen LogP contribution in [0.1, 0.15) is 31.7 Å². The Kier molecular flexibility index (Phi) is 6.45. The van der Waals surface area contributed by atoms with Gasteiger partial charge in [0.2, 0.25) is 5.91 Å². The molecule has 2 N–H and O–H groups in total. The minimum absolute atomic E-state index is 0.0888. The van der Waals surface area contributed by atoms with E-state index in [2.05, 4.69) is 28.9 Å². The molecule has 0 bridgehead atoms. The first-order valence-corrected chi connectivity index (χ1v) is 9.53. The summed E-state index contributed by atoms with van der Waals surface area (Å²) in [7, 11) is 0. The van der Waals surface area contributed by atoms with Crippen LogP contribution in [0.3, 0.4) is 0 Å². The first-order chi connectivity index (χ1) is 12.1. The average molecular weight is 345 g/mol. The van der Waals surface area contributed by atoms with Crippen molar-refractivity contribution in [3.05, 3.63) is 35.9 Å². The van der Waals surface area contributed by atoms with Crippen LogP contribution in [-0.2, 0) is 16.1 Å². The van der Waals surface area contributed by atoms with Crippen molar-refractivity contribution in [1.29, 1.82) is 0 Å². The van der Waals surface area contributed by atoms with Crippen LogP contribution in [-0.4, -0.2) is 60.6 Å². The summed E-state index contributed by atoms with van der Waals surface area (Å²) in [5.41, 5.74) is 7.24. The molecule has 1 amide bonds. The van der Waals surface area contributed by atoms with Gasteiger partial charge in [-0.3, -0.25) is 9.69 Å². The summed E-state index contributed by atoms with van der Waals surface area (Å²) in [6.07, 6.45) is 2.72. The molecule has 1 saturated heterocycles. The molecule has 1 saturated carbocycles. The normalized spacial score (nSPS) is 25.7. The maximum atomic E-state index is 13.2. The molecule has 5 heteroatoms. The van der Waals surface area contributed by atoms with Crippen molar-refractivity contribution in [2.75, 3.05) is 32.8 Å². The van der Waals surface area contributed by atoms with E-state index >= 15 is 0 Å². The zero-order chi connectivity index (χ0) is 17.6. The zero-order valence-corrected chi connectivity index (χ0v) is 15.3. The van der Waals surface area contributed by atoms with Gasteiger partial charge in [-0.25, -0.2) is 0 Å². The molecule has 0 spiro atoms. The first-order valence-electron chi connectivity index (χ1n) is 9.53. The van der Waals surface area contributed by atoms with Gasteiger partial charge >= 0.3 is 0 Å². The number of amides is 1. The van der Waals surface area contributed by atoms with Crippen LogP contribution in [0, 0.1) is 5.92 Å². The number of nitrogens with zero attached hydrogens (tertiary/aromatic N) is 2. The van der Waals surface area contributed by atoms with Crippen LogP contribution in [0.2, 0.25) is 0 Å². The minimum Gasteiger partial charge on any atom is -0.379 e. The van der Waals surface area contributed by atoms with Gasteiger partial charge in [0, 0.05) is 44.2 Å². The van der Waals surface area contributed by atoms with Crippen LogP contribution >= 0.6 is 0 Å². The van der Waals surface area contributed by atoms with Gasteiger partial charge < -0.3 is 15.4 Å². The van der Waals surface area contributed by atoms with E-state index in [4.69, 9.17) is 10.5 Å². The SMILES string of the molecule is CC(CN1CCOCC1)N(Cc1ccccc1)C(=O)C1CCC(N)C1. The van der Waals surface area contributed by atoms with Crippen molar-refractivity contribution >= 4 is 5.91 Å². The molecule has 5 nitrogen and oxygen atoms in total. The van der Waals surface area contributed by atoms with Crippen molar-refractivity contribution < 1.29 is 9.53 Å². The van der Waals surface area contributed by atoms with Gasteiger partial charge in [-0.05, 0) is 31.7 Å². The largest absolute Gasteiger partial charge is 0.379 e. The van der Waals surface area contributed by atoms with Gasteiger partial charge in [-0.15, -0.1) is 0 Å². The van der Waals surface area contributed by atoms with E-state index in [1.807, 2.05) is 18.2 Å². The summed E-state index contributed by atoms with van der Waals surface area (Å²) in [5.74, 6) is 0.364. The molecule has 0 aromatic heterocycles. The van der Waals surface area contributed by atoms with Crippen LogP contribution < -0.4 is 5.73 Å². The topological polar surface area (TPSA) is 58.8 Å². The third-order valence-electron chi connectivity index (χ3n) is 5.46. The fourth-order valence-corrected chi connectivity index (χ4v) is 3.96. The third-order valence-corrected chi connectivity index (χ3v) is 5.46. The fourth-order valence-electron chi connectivity index (χ4n) is 3.96. The van der Waals surface area contributed by atoms with Crippen molar-refractivity contribution in [3.63, 3.8) is 0 Å². The predicted molar refractivity (Wildman–Crippen MR) is 99.0 cm³/mol. The lowest BCUT2D eigenvalue weighted by Gasteiger charge is -2.36. The van der Waals surface area contributed by atoms with Gasteiger partial charge in [0.05, 0.1) is 13.2 Å². The number of benzene rings is 1. The Hall–Kier alpha value is -1.43. The number of morpholine rings is 1. The molecule has 3 unspecified atom stereocenters. The zero-order valence-electron chi connectivity index (χ0n) is 15.3. The molecule has 2 fully saturated rings. The Morgan fingerprint density at radius 2 is 2.00 bits per heavy atom. The molecule has 1 aliphatic carbocycles. The molecular formula is C20H31N3O2. The number of hydrogen-bond acceptors (Lipinski definition) is 4. The number of ether oxygens (including phenoxy) is 1. The predicted octanol–water partition coefficient (Wildman–Crippen LogP) is 1.86. The number of carbonyl (C=O) groups excluding carboxylic acids is 1. The van der Waals surface area contributed by atoms with Crippen LogP contribution in [0.4, 0.5) is 0 Å². The maximum absolute atomic E-state index is 13.2. The van der Waals surface area contributed by atoms with E-state index in [0.29, 0.717) is 6.54 Å². The van der Waals surface area contributed by atoms with Gasteiger partial charge in [0.1, 0.15) is 0 Å². The fraction of sp³-hybridized carbons (Fsp3) is 0.650. The van der Waals surface area contributed by atoms with Crippen molar-refractivity contribution in [2.45, 2.75) is 44.8 Å². The standard InChI is InChI=1S/C20H31N3O2/c1-16(14-22-9-11-25-12-10-22)23(15-17-5-3-2-4-6-17)20(24)18-7-8-19(21)13-18/h2-6,16,18-19H,7-15,21H2,1H3. The Bertz CT molecular complexity index is 545. The highest BCUT2D eigenvalue weighted by atomic mass is 16.5. The lowest BCUT2D eigenvalue weighted by molar-refractivity contribution is -0.138. The Morgan fingerprint density at radius 3 is 2.64 bits per heavy atom. The Balaban J connectivity index is 1.69. The Labute approximate surface area is 151 Å². The lowest BCUT2D eigenvalue weighted by atomic mass is 10.0. The van der Waals surface area contributed by atoms with Crippen LogP contribution in [0.25, 0.3) is 0 Å². The van der Waals surface area contributed by atoms with E-state index in [0.717, 1.165) is 52.1 Å². The van der Waals surface area contributed by atoms with Crippen LogP contribution in [0.15, 0.2) is 30.3 Å². The van der Waals surface area contributed by atoms with Gasteiger partial charge in [-0.1, -0.05) is 30.3 Å². The molecule has 1 aliphatic heterocycles. The molecule has 1 aromatic rings. The minimum atomic E-state index is 0.0888. The summed E-state index contributed by atoms with van der Waals surface area (Å²) in [6, 6.07) is 10.7. The summed E-state index contributed by atoms with van der Waals surface area (Å²) < 4.78 is 5.44. The second kappa shape index (κ2) is 8.79. The second-order valence-electron chi connectivity index (χ2n) is 7.48. The molecule has 1 aromatic carbocycles. The van der Waals surface area contributed by atoms with Gasteiger partial charge in [0.15, 0.2) is 0 Å². The quantitative estimate of drug-likeness (QED) is 0.855. The summed E-state index contributed by atoms with van der Waals surface area (Å²) in [5, 5.41) is 0. The third kappa shape index (κ3) is 5.03.